The van der Waals surface area contributed by atoms with Crippen LogP contribution >= 0.6 is 22.7 Å². The second-order valence-corrected chi connectivity index (χ2v) is 11.6. The van der Waals surface area contributed by atoms with Crippen molar-refractivity contribution < 1.29 is 29.0 Å². The molecule has 0 fully saturated rings. The zero-order valence-electron chi connectivity index (χ0n) is 20.8. The smallest absolute Gasteiger partial charge is 0.408 e. The number of carboxylic acid groups (broad SMARTS) is 1. The molecule has 36 heavy (non-hydrogen) atoms. The average molecular weight is 533 g/mol. The number of pyridine rings is 1. The highest BCUT2D eigenvalue weighted by Gasteiger charge is 2.30. The van der Waals surface area contributed by atoms with Gasteiger partial charge >= 0.3 is 18.0 Å². The van der Waals surface area contributed by atoms with Crippen LogP contribution in [0.4, 0.5) is 4.79 Å². The van der Waals surface area contributed by atoms with Gasteiger partial charge in [-0.15, -0.1) is 22.7 Å². The highest BCUT2D eigenvalue weighted by Crippen LogP contribution is 2.27. The van der Waals surface area contributed by atoms with Crippen molar-refractivity contribution in [3.8, 4) is 22.0 Å². The number of hydrogen-bond acceptors (Lipinski definition) is 10. The maximum Gasteiger partial charge on any atom is 0.408 e. The van der Waals surface area contributed by atoms with Gasteiger partial charge in [0.25, 0.3) is 0 Å². The fourth-order valence-corrected chi connectivity index (χ4v) is 4.51. The molecule has 1 amide bonds. The molecular weight excluding hydrogens is 504 g/mol. The maximum atomic E-state index is 12.8. The zero-order valence-corrected chi connectivity index (χ0v) is 22.5. The first-order valence-electron chi connectivity index (χ1n) is 11.0. The molecule has 1 atom stereocenters. The lowest BCUT2D eigenvalue weighted by Gasteiger charge is -2.26. The molecule has 2 N–H and O–H groups in total. The standard InChI is InChI=1S/C24H28N4O6S2/c1-23(2,3)33-21(31)15(28-22(32)34-24(4,5)6)9-18-26-16(11-35-18)14-8-7-13(10-25-14)19-27-17(12-36-19)20(29)30/h7-8,10-12,15H,9H2,1-6H3,(H,28,32)(H,29,30). The molecule has 0 radical (unpaired) electrons. The van der Waals surface area contributed by atoms with Crippen LogP contribution in [0.2, 0.25) is 0 Å². The summed E-state index contributed by atoms with van der Waals surface area (Å²) in [6.45, 7) is 10.5. The van der Waals surface area contributed by atoms with Gasteiger partial charge in [0, 0.05) is 28.9 Å². The lowest BCUT2D eigenvalue weighted by Crippen LogP contribution is -2.47. The summed E-state index contributed by atoms with van der Waals surface area (Å²) in [6.07, 6.45) is 1.00. The van der Waals surface area contributed by atoms with Gasteiger partial charge in [-0.2, -0.15) is 0 Å². The SMILES string of the molecule is CC(C)(C)OC(=O)NC(Cc1nc(-c2ccc(-c3nc(C(=O)O)cs3)cn2)cs1)C(=O)OC(C)(C)C. The number of amides is 1. The molecule has 1 unspecified atom stereocenters. The maximum absolute atomic E-state index is 12.8. The summed E-state index contributed by atoms with van der Waals surface area (Å²) in [6, 6.07) is 2.57. The van der Waals surface area contributed by atoms with Crippen molar-refractivity contribution in [3.63, 3.8) is 0 Å². The molecule has 0 aliphatic carbocycles. The van der Waals surface area contributed by atoms with E-state index in [1.807, 2.05) is 5.38 Å². The van der Waals surface area contributed by atoms with Crippen LogP contribution in [0, 0.1) is 0 Å². The van der Waals surface area contributed by atoms with Crippen LogP contribution in [0.1, 0.15) is 57.0 Å². The quantitative estimate of drug-likeness (QED) is 0.410. The monoisotopic (exact) mass is 532 g/mol. The second-order valence-electron chi connectivity index (χ2n) is 9.84. The molecule has 0 saturated carbocycles. The van der Waals surface area contributed by atoms with Gasteiger partial charge in [-0.3, -0.25) is 4.98 Å². The Morgan fingerprint density at radius 3 is 2.22 bits per heavy atom. The largest absolute Gasteiger partial charge is 0.476 e. The Labute approximate surface area is 216 Å². The third kappa shape index (κ3) is 7.82. The predicted molar refractivity (Wildman–Crippen MR) is 136 cm³/mol. The summed E-state index contributed by atoms with van der Waals surface area (Å²) in [4.78, 5) is 49.3. The van der Waals surface area contributed by atoms with Crippen molar-refractivity contribution in [2.45, 2.75) is 65.2 Å². The molecule has 0 aromatic carbocycles. The number of ether oxygens (including phenoxy) is 2. The van der Waals surface area contributed by atoms with Crippen LogP contribution in [-0.4, -0.2) is 55.3 Å². The normalized spacial score (nSPS) is 12.6. The van der Waals surface area contributed by atoms with Crippen molar-refractivity contribution >= 4 is 40.7 Å². The summed E-state index contributed by atoms with van der Waals surface area (Å²) in [5.41, 5.74) is 0.439. The molecule has 3 heterocycles. The van der Waals surface area contributed by atoms with E-state index in [1.165, 1.54) is 28.1 Å². The number of esters is 1. The molecule has 0 aliphatic heterocycles. The van der Waals surface area contributed by atoms with Gasteiger partial charge in [0.15, 0.2) is 5.69 Å². The molecule has 0 spiro atoms. The Balaban J connectivity index is 1.75. The van der Waals surface area contributed by atoms with E-state index < -0.39 is 35.3 Å². The summed E-state index contributed by atoms with van der Waals surface area (Å²) in [7, 11) is 0. The lowest BCUT2D eigenvalue weighted by molar-refractivity contribution is -0.157. The number of aromatic carboxylic acids is 1. The Morgan fingerprint density at radius 2 is 1.67 bits per heavy atom. The Kier molecular flexibility index (Phi) is 8.09. The number of carbonyl (C=O) groups excluding carboxylic acids is 2. The lowest BCUT2D eigenvalue weighted by atomic mass is 10.1. The van der Waals surface area contributed by atoms with Crippen molar-refractivity contribution in [3.05, 3.63) is 39.8 Å². The van der Waals surface area contributed by atoms with Crippen molar-refractivity contribution in [1.82, 2.24) is 20.3 Å². The summed E-state index contributed by atoms with van der Waals surface area (Å²) >= 11 is 2.55. The third-order valence-electron chi connectivity index (χ3n) is 4.31. The molecule has 0 saturated heterocycles. The second kappa shape index (κ2) is 10.7. The average Bonchev–Trinajstić information content (AvgIpc) is 3.41. The number of aromatic nitrogens is 3. The van der Waals surface area contributed by atoms with Crippen LogP contribution in [-0.2, 0) is 20.7 Å². The van der Waals surface area contributed by atoms with Crippen LogP contribution in [0.15, 0.2) is 29.1 Å². The van der Waals surface area contributed by atoms with Crippen LogP contribution < -0.4 is 5.32 Å². The minimum atomic E-state index is -1.08. The van der Waals surface area contributed by atoms with Gasteiger partial charge in [0.05, 0.1) is 16.4 Å². The van der Waals surface area contributed by atoms with E-state index in [9.17, 15) is 14.4 Å². The molecule has 12 heteroatoms. The number of rotatable bonds is 7. The Morgan fingerprint density at radius 1 is 0.972 bits per heavy atom. The Bertz CT molecular complexity index is 1240. The summed E-state index contributed by atoms with van der Waals surface area (Å²) in [5, 5.41) is 16.1. The summed E-state index contributed by atoms with van der Waals surface area (Å²) in [5.74, 6) is -1.67. The molecule has 192 valence electrons. The van der Waals surface area contributed by atoms with Crippen molar-refractivity contribution in [2.75, 3.05) is 0 Å². The first-order chi connectivity index (χ1) is 16.7. The van der Waals surface area contributed by atoms with E-state index in [-0.39, 0.29) is 12.1 Å². The highest BCUT2D eigenvalue weighted by molar-refractivity contribution is 7.13. The fourth-order valence-electron chi connectivity index (χ4n) is 2.89. The molecule has 10 nitrogen and oxygen atoms in total. The van der Waals surface area contributed by atoms with Crippen LogP contribution in [0.25, 0.3) is 22.0 Å². The topological polar surface area (TPSA) is 141 Å². The zero-order chi connectivity index (χ0) is 26.7. The van der Waals surface area contributed by atoms with Gasteiger partial charge in [0.1, 0.15) is 22.3 Å². The van der Waals surface area contributed by atoms with Gasteiger partial charge in [-0.05, 0) is 53.7 Å². The van der Waals surface area contributed by atoms with E-state index in [2.05, 4.69) is 20.3 Å². The van der Waals surface area contributed by atoms with E-state index >= 15 is 0 Å². The number of thiazole rings is 2. The first-order valence-corrected chi connectivity index (χ1v) is 12.8. The van der Waals surface area contributed by atoms with E-state index in [0.29, 0.717) is 27.0 Å². The van der Waals surface area contributed by atoms with E-state index in [0.717, 1.165) is 0 Å². The minimum Gasteiger partial charge on any atom is -0.476 e. The van der Waals surface area contributed by atoms with Gasteiger partial charge in [0.2, 0.25) is 0 Å². The molecule has 0 bridgehead atoms. The van der Waals surface area contributed by atoms with Crippen molar-refractivity contribution in [2.24, 2.45) is 0 Å². The predicted octanol–water partition coefficient (Wildman–Crippen LogP) is 4.80. The van der Waals surface area contributed by atoms with E-state index in [1.54, 1.807) is 59.9 Å². The number of carboxylic acids is 1. The number of nitrogens with zero attached hydrogens (tertiary/aromatic N) is 3. The molecule has 3 aromatic rings. The molecule has 3 aromatic heterocycles. The number of nitrogens with one attached hydrogen (secondary N) is 1. The molecule has 0 aliphatic rings. The highest BCUT2D eigenvalue weighted by atomic mass is 32.1. The number of carbonyl (C=O) groups is 3. The Hall–Kier alpha value is -3.38. The summed E-state index contributed by atoms with van der Waals surface area (Å²) < 4.78 is 10.8. The fraction of sp³-hybridized carbons (Fsp3) is 0.417. The number of alkyl carbamates (subject to hydrolysis) is 1. The van der Waals surface area contributed by atoms with Gasteiger partial charge in [-0.25, -0.2) is 24.4 Å². The van der Waals surface area contributed by atoms with Crippen LogP contribution in [0.3, 0.4) is 0 Å². The molecular formula is C24H28N4O6S2. The van der Waals surface area contributed by atoms with Gasteiger partial charge < -0.3 is 19.9 Å². The molecule has 3 rings (SSSR count). The van der Waals surface area contributed by atoms with E-state index in [4.69, 9.17) is 14.6 Å². The first kappa shape index (κ1) is 27.2. The third-order valence-corrected chi connectivity index (χ3v) is 6.07. The van der Waals surface area contributed by atoms with Crippen LogP contribution in [0.5, 0.6) is 0 Å². The van der Waals surface area contributed by atoms with Crippen molar-refractivity contribution in [1.29, 1.82) is 0 Å². The van der Waals surface area contributed by atoms with Gasteiger partial charge in [-0.1, -0.05) is 0 Å². The number of hydrogen-bond donors (Lipinski definition) is 2. The minimum absolute atomic E-state index is 0.0113.